The van der Waals surface area contributed by atoms with Crippen LogP contribution in [0.25, 0.3) is 10.9 Å². The van der Waals surface area contributed by atoms with Crippen molar-refractivity contribution in [3.05, 3.63) is 60.3 Å². The molecule has 0 saturated heterocycles. The first kappa shape index (κ1) is 9.46. The van der Waals surface area contributed by atoms with Gasteiger partial charge in [-0.15, -0.1) is 0 Å². The van der Waals surface area contributed by atoms with E-state index in [1.165, 1.54) is 16.5 Å². The van der Waals surface area contributed by atoms with E-state index in [1.54, 1.807) is 0 Å². The molecule has 16 heavy (non-hydrogen) atoms. The lowest BCUT2D eigenvalue weighted by molar-refractivity contribution is 0.658. The Bertz CT molecular complexity index is 548. The van der Waals surface area contributed by atoms with E-state index in [9.17, 15) is 0 Å². The van der Waals surface area contributed by atoms with Crippen molar-refractivity contribution in [2.45, 2.75) is 12.8 Å². The maximum atomic E-state index is 3.34. The quantitative estimate of drug-likeness (QED) is 0.769. The summed E-state index contributed by atoms with van der Waals surface area (Å²) in [5, 5.41) is 1.35. The highest BCUT2D eigenvalue weighted by Crippen LogP contribution is 2.33. The third-order valence-electron chi connectivity index (χ3n) is 3.47. The van der Waals surface area contributed by atoms with E-state index in [4.69, 9.17) is 0 Å². The zero-order valence-corrected chi connectivity index (χ0v) is 9.35. The molecule has 1 N–H and O–H groups in total. The largest absolute Gasteiger partial charge is 0.361 e. The average molecular weight is 209 g/mol. The Hall–Kier alpha value is -1.76. The van der Waals surface area contributed by atoms with Crippen LogP contribution in [0, 0.1) is 5.92 Å². The van der Waals surface area contributed by atoms with Gasteiger partial charge in [-0.2, -0.15) is 0 Å². The molecule has 1 heterocycles. The lowest BCUT2D eigenvalue weighted by Gasteiger charge is -2.15. The second kappa shape index (κ2) is 3.67. The SMILES string of the molecule is C[C@@H](c1c[nH]c2ccccc12)C1C=CC=C1. The highest BCUT2D eigenvalue weighted by Gasteiger charge is 2.18. The minimum Gasteiger partial charge on any atom is -0.361 e. The topological polar surface area (TPSA) is 15.8 Å². The van der Waals surface area contributed by atoms with Crippen LogP contribution in [0.5, 0.6) is 0 Å². The molecule has 1 nitrogen and oxygen atoms in total. The van der Waals surface area contributed by atoms with Gasteiger partial charge >= 0.3 is 0 Å². The molecular weight excluding hydrogens is 194 g/mol. The first-order valence-corrected chi connectivity index (χ1v) is 5.77. The van der Waals surface area contributed by atoms with E-state index in [0.29, 0.717) is 11.8 Å². The van der Waals surface area contributed by atoms with Crippen molar-refractivity contribution in [3.8, 4) is 0 Å². The first-order valence-electron chi connectivity index (χ1n) is 5.77. The molecule has 0 fully saturated rings. The predicted octanol–water partition coefficient (Wildman–Crippen LogP) is 4.01. The fraction of sp³-hybridized carbons (Fsp3) is 0.200. The lowest BCUT2D eigenvalue weighted by Crippen LogP contribution is -2.02. The Kier molecular flexibility index (Phi) is 2.17. The van der Waals surface area contributed by atoms with E-state index in [-0.39, 0.29) is 0 Å². The molecule has 1 atom stereocenters. The molecule has 0 bridgehead atoms. The van der Waals surface area contributed by atoms with Crippen molar-refractivity contribution in [2.75, 3.05) is 0 Å². The van der Waals surface area contributed by atoms with Crippen LogP contribution in [-0.4, -0.2) is 4.98 Å². The summed E-state index contributed by atoms with van der Waals surface area (Å²) in [4.78, 5) is 3.34. The number of aromatic nitrogens is 1. The monoisotopic (exact) mass is 209 g/mol. The number of hydrogen-bond donors (Lipinski definition) is 1. The number of fused-ring (bicyclic) bond motifs is 1. The number of allylic oxidation sites excluding steroid dienone is 4. The predicted molar refractivity (Wildman–Crippen MR) is 68.5 cm³/mol. The highest BCUT2D eigenvalue weighted by atomic mass is 14.7. The minimum atomic E-state index is 0.533. The number of aromatic amines is 1. The summed E-state index contributed by atoms with van der Waals surface area (Å²) < 4.78 is 0. The Labute approximate surface area is 95.5 Å². The summed E-state index contributed by atoms with van der Waals surface area (Å²) in [6, 6.07) is 8.50. The molecular formula is C15H15N. The normalized spacial score (nSPS) is 17.3. The van der Waals surface area contributed by atoms with Gasteiger partial charge in [0.25, 0.3) is 0 Å². The van der Waals surface area contributed by atoms with Crippen molar-refractivity contribution in [1.29, 1.82) is 0 Å². The van der Waals surface area contributed by atoms with Gasteiger partial charge in [-0.3, -0.25) is 0 Å². The molecule has 1 aliphatic carbocycles. The molecule has 3 rings (SSSR count). The summed E-state index contributed by atoms with van der Waals surface area (Å²) >= 11 is 0. The lowest BCUT2D eigenvalue weighted by atomic mass is 9.88. The molecule has 0 saturated carbocycles. The number of nitrogens with one attached hydrogen (secondary N) is 1. The molecule has 0 radical (unpaired) electrons. The molecule has 2 aromatic rings. The highest BCUT2D eigenvalue weighted by molar-refractivity contribution is 5.83. The van der Waals surface area contributed by atoms with E-state index in [1.807, 2.05) is 0 Å². The van der Waals surface area contributed by atoms with Crippen LogP contribution >= 0.6 is 0 Å². The van der Waals surface area contributed by atoms with Crippen molar-refractivity contribution in [3.63, 3.8) is 0 Å². The van der Waals surface area contributed by atoms with Gasteiger partial charge in [-0.25, -0.2) is 0 Å². The third-order valence-corrected chi connectivity index (χ3v) is 3.47. The smallest absolute Gasteiger partial charge is 0.0456 e. The molecule has 0 aliphatic heterocycles. The average Bonchev–Trinajstić information content (AvgIpc) is 2.98. The van der Waals surface area contributed by atoms with Gasteiger partial charge in [0.15, 0.2) is 0 Å². The number of hydrogen-bond acceptors (Lipinski definition) is 0. The van der Waals surface area contributed by atoms with Gasteiger partial charge in [0.2, 0.25) is 0 Å². The Morgan fingerprint density at radius 2 is 1.88 bits per heavy atom. The fourth-order valence-electron chi connectivity index (χ4n) is 2.46. The third kappa shape index (κ3) is 1.40. The van der Waals surface area contributed by atoms with Gasteiger partial charge < -0.3 is 4.98 Å². The molecule has 1 aromatic carbocycles. The van der Waals surface area contributed by atoms with Crippen LogP contribution in [0.2, 0.25) is 0 Å². The van der Waals surface area contributed by atoms with Crippen LogP contribution in [0.3, 0.4) is 0 Å². The first-order chi connectivity index (χ1) is 7.86. The van der Waals surface area contributed by atoms with Crippen LogP contribution in [0.15, 0.2) is 54.8 Å². The maximum absolute atomic E-state index is 3.34. The zero-order chi connectivity index (χ0) is 11.0. The number of para-hydroxylation sites is 1. The Balaban J connectivity index is 2.05. The number of rotatable bonds is 2. The molecule has 1 heteroatoms. The standard InChI is InChI=1S/C15H15N/c1-11(12-6-2-3-7-12)14-10-16-15-9-5-4-8-13(14)15/h2-12,16H,1H3/t11-/m1/s1. The summed E-state index contributed by atoms with van der Waals surface area (Å²) in [6.07, 6.45) is 11.0. The van der Waals surface area contributed by atoms with Gasteiger partial charge in [0.1, 0.15) is 0 Å². The molecule has 80 valence electrons. The summed E-state index contributed by atoms with van der Waals surface area (Å²) in [7, 11) is 0. The molecule has 0 spiro atoms. The summed E-state index contributed by atoms with van der Waals surface area (Å²) in [5.74, 6) is 1.07. The molecule has 0 unspecified atom stereocenters. The van der Waals surface area contributed by atoms with E-state index >= 15 is 0 Å². The summed E-state index contributed by atoms with van der Waals surface area (Å²) in [5.41, 5.74) is 2.65. The van der Waals surface area contributed by atoms with E-state index in [2.05, 4.69) is 66.7 Å². The molecule has 0 amide bonds. The summed E-state index contributed by atoms with van der Waals surface area (Å²) in [6.45, 7) is 2.29. The Morgan fingerprint density at radius 1 is 1.12 bits per heavy atom. The van der Waals surface area contributed by atoms with E-state index in [0.717, 1.165) is 0 Å². The number of H-pyrrole nitrogens is 1. The van der Waals surface area contributed by atoms with Crippen LogP contribution in [0.1, 0.15) is 18.4 Å². The van der Waals surface area contributed by atoms with Crippen LogP contribution in [-0.2, 0) is 0 Å². The van der Waals surface area contributed by atoms with Crippen molar-refractivity contribution < 1.29 is 0 Å². The van der Waals surface area contributed by atoms with E-state index < -0.39 is 0 Å². The zero-order valence-electron chi connectivity index (χ0n) is 9.35. The van der Waals surface area contributed by atoms with Gasteiger partial charge in [-0.1, -0.05) is 49.4 Å². The van der Waals surface area contributed by atoms with Crippen LogP contribution in [0.4, 0.5) is 0 Å². The van der Waals surface area contributed by atoms with Gasteiger partial charge in [0.05, 0.1) is 0 Å². The molecule has 1 aromatic heterocycles. The molecule has 1 aliphatic rings. The second-order valence-electron chi connectivity index (χ2n) is 4.43. The number of benzene rings is 1. The maximum Gasteiger partial charge on any atom is 0.0456 e. The van der Waals surface area contributed by atoms with Crippen molar-refractivity contribution >= 4 is 10.9 Å². The minimum absolute atomic E-state index is 0.533. The van der Waals surface area contributed by atoms with Gasteiger partial charge in [-0.05, 0) is 17.5 Å². The fourth-order valence-corrected chi connectivity index (χ4v) is 2.46. The van der Waals surface area contributed by atoms with Crippen molar-refractivity contribution in [1.82, 2.24) is 4.98 Å². The van der Waals surface area contributed by atoms with Gasteiger partial charge in [0, 0.05) is 23.0 Å². The van der Waals surface area contributed by atoms with Crippen LogP contribution < -0.4 is 0 Å². The van der Waals surface area contributed by atoms with Crippen molar-refractivity contribution in [2.24, 2.45) is 5.92 Å². The Morgan fingerprint density at radius 3 is 2.69 bits per heavy atom. The second-order valence-corrected chi connectivity index (χ2v) is 4.43.